The second-order valence-electron chi connectivity index (χ2n) is 2.10. The summed E-state index contributed by atoms with van der Waals surface area (Å²) in [5.41, 5.74) is 0.185. The lowest BCUT2D eigenvalue weighted by molar-refractivity contribution is 0.417. The van der Waals surface area contributed by atoms with Crippen molar-refractivity contribution in [2.45, 2.75) is 20.6 Å². The predicted octanol–water partition coefficient (Wildman–Crippen LogP) is 2.45. The van der Waals surface area contributed by atoms with E-state index in [2.05, 4.69) is 0 Å². The van der Waals surface area contributed by atoms with Crippen LogP contribution in [0, 0.1) is 0 Å². The molecule has 0 saturated heterocycles. The van der Waals surface area contributed by atoms with Gasteiger partial charge in [0.2, 0.25) is 0 Å². The maximum atomic E-state index is 11.6. The van der Waals surface area contributed by atoms with Gasteiger partial charge in [0.15, 0.2) is 6.71 Å². The molecular weight excluding hydrogens is 109 g/mol. The largest absolute Gasteiger partial charge is 0.260 e. The molecular formula is C5H9BF2. The molecule has 8 heavy (non-hydrogen) atoms. The molecule has 0 nitrogen and oxygen atoms in total. The predicted molar refractivity (Wildman–Crippen MR) is 32.4 cm³/mol. The number of rotatable bonds is 1. The van der Waals surface area contributed by atoms with Crippen LogP contribution in [0.25, 0.3) is 0 Å². The summed E-state index contributed by atoms with van der Waals surface area (Å²) in [6, 6.07) is 0. The zero-order valence-electron chi connectivity index (χ0n) is 5.33. The summed E-state index contributed by atoms with van der Waals surface area (Å²) in [4.78, 5) is 0. The fraction of sp³-hybridized carbons (Fsp3) is 0.600. The van der Waals surface area contributed by atoms with E-state index in [-0.39, 0.29) is 12.2 Å². The molecule has 0 aliphatic carbocycles. The van der Waals surface area contributed by atoms with Crippen LogP contribution in [-0.2, 0) is 0 Å². The van der Waals surface area contributed by atoms with Gasteiger partial charge in [-0.1, -0.05) is 13.6 Å². The molecule has 0 atom stereocenters. The monoisotopic (exact) mass is 118 g/mol. The molecule has 0 N–H and O–H groups in total. The van der Waals surface area contributed by atoms with E-state index in [9.17, 15) is 8.78 Å². The standard InChI is InChI=1S/C5H9BF2/c1-4(5(7)8)6(2)3/h1-3H3. The van der Waals surface area contributed by atoms with Crippen molar-refractivity contribution in [1.82, 2.24) is 0 Å². The Morgan fingerprint density at radius 3 is 1.62 bits per heavy atom. The molecule has 3 heteroatoms. The van der Waals surface area contributed by atoms with Gasteiger partial charge in [0.1, 0.15) is 0 Å². The highest BCUT2D eigenvalue weighted by Crippen LogP contribution is 2.09. The van der Waals surface area contributed by atoms with Gasteiger partial charge in [0.25, 0.3) is 6.08 Å². The van der Waals surface area contributed by atoms with Crippen molar-refractivity contribution in [3.8, 4) is 0 Å². The number of hydrogen-bond donors (Lipinski definition) is 0. The molecule has 0 rings (SSSR count). The molecule has 0 spiro atoms. The van der Waals surface area contributed by atoms with Gasteiger partial charge in [-0.05, 0) is 12.4 Å². The van der Waals surface area contributed by atoms with Crippen LogP contribution in [0.3, 0.4) is 0 Å². The fourth-order valence-electron chi connectivity index (χ4n) is 0.218. The lowest BCUT2D eigenvalue weighted by Crippen LogP contribution is -2.02. The SMILES string of the molecule is CB(C)C(C)=C(F)F. The van der Waals surface area contributed by atoms with Crippen molar-refractivity contribution < 1.29 is 8.78 Å². The van der Waals surface area contributed by atoms with E-state index >= 15 is 0 Å². The summed E-state index contributed by atoms with van der Waals surface area (Å²) >= 11 is 0. The molecule has 0 aromatic carbocycles. The maximum absolute atomic E-state index is 11.6. The van der Waals surface area contributed by atoms with Crippen LogP contribution in [-0.4, -0.2) is 6.71 Å². The third kappa shape index (κ3) is 2.10. The van der Waals surface area contributed by atoms with Crippen LogP contribution in [0.2, 0.25) is 13.6 Å². The molecule has 0 unspecified atom stereocenters. The smallest absolute Gasteiger partial charge is 0.174 e. The van der Waals surface area contributed by atoms with Crippen LogP contribution in [0.5, 0.6) is 0 Å². The van der Waals surface area contributed by atoms with E-state index in [1.165, 1.54) is 6.92 Å². The molecule has 0 bridgehead atoms. The van der Waals surface area contributed by atoms with Crippen molar-refractivity contribution in [2.24, 2.45) is 0 Å². The van der Waals surface area contributed by atoms with E-state index < -0.39 is 6.08 Å². The summed E-state index contributed by atoms with van der Waals surface area (Å²) in [5, 5.41) is 0. The van der Waals surface area contributed by atoms with Crippen molar-refractivity contribution >= 4 is 6.71 Å². The van der Waals surface area contributed by atoms with Crippen molar-refractivity contribution in [1.29, 1.82) is 0 Å². The van der Waals surface area contributed by atoms with Crippen molar-refractivity contribution in [2.75, 3.05) is 0 Å². The summed E-state index contributed by atoms with van der Waals surface area (Å²) in [5.74, 6) is 0. The van der Waals surface area contributed by atoms with E-state index in [0.717, 1.165) is 0 Å². The topological polar surface area (TPSA) is 0 Å². The molecule has 46 valence electrons. The van der Waals surface area contributed by atoms with Crippen LogP contribution >= 0.6 is 0 Å². The normalized spacial score (nSPS) is 8.62. The van der Waals surface area contributed by atoms with Gasteiger partial charge in [0.05, 0.1) is 0 Å². The maximum Gasteiger partial charge on any atom is 0.260 e. The summed E-state index contributed by atoms with van der Waals surface area (Å²) in [7, 11) is 0. The second kappa shape index (κ2) is 2.85. The third-order valence-electron chi connectivity index (χ3n) is 1.16. The summed E-state index contributed by atoms with van der Waals surface area (Å²) in [6.07, 6.45) is -1.54. The molecule has 0 saturated carbocycles. The Bertz CT molecular complexity index is 103. The van der Waals surface area contributed by atoms with E-state index in [4.69, 9.17) is 0 Å². The number of allylic oxidation sites excluding steroid dienone is 1. The lowest BCUT2D eigenvalue weighted by Gasteiger charge is -1.96. The van der Waals surface area contributed by atoms with Crippen LogP contribution in [0.4, 0.5) is 8.78 Å². The van der Waals surface area contributed by atoms with Crippen LogP contribution < -0.4 is 0 Å². The average Bonchev–Trinajstić information content (AvgIpc) is 1.64. The minimum Gasteiger partial charge on any atom is -0.174 e. The van der Waals surface area contributed by atoms with Crippen molar-refractivity contribution in [3.05, 3.63) is 11.6 Å². The Labute approximate surface area is 48.7 Å². The Morgan fingerprint density at radius 2 is 1.62 bits per heavy atom. The Morgan fingerprint density at radius 1 is 1.25 bits per heavy atom. The first kappa shape index (κ1) is 7.66. The van der Waals surface area contributed by atoms with Gasteiger partial charge in [0, 0.05) is 0 Å². The van der Waals surface area contributed by atoms with Gasteiger partial charge in [-0.25, -0.2) is 0 Å². The Kier molecular flexibility index (Phi) is 2.73. The molecule has 0 aliphatic heterocycles. The molecule has 0 radical (unpaired) electrons. The first-order valence-electron chi connectivity index (χ1n) is 2.57. The quantitative estimate of drug-likeness (QED) is 0.464. The number of hydrogen-bond acceptors (Lipinski definition) is 0. The Balaban J connectivity index is 4.00. The minimum atomic E-state index is -1.54. The van der Waals surface area contributed by atoms with Crippen LogP contribution in [0.15, 0.2) is 11.6 Å². The highest BCUT2D eigenvalue weighted by Gasteiger charge is 2.06. The zero-order chi connectivity index (χ0) is 6.73. The first-order chi connectivity index (χ1) is 3.55. The third-order valence-corrected chi connectivity index (χ3v) is 1.16. The molecule has 0 amide bonds. The summed E-state index contributed by atoms with van der Waals surface area (Å²) < 4.78 is 23.1. The van der Waals surface area contributed by atoms with Gasteiger partial charge < -0.3 is 0 Å². The minimum absolute atomic E-state index is 0.0278. The van der Waals surface area contributed by atoms with E-state index in [1.54, 1.807) is 13.6 Å². The van der Waals surface area contributed by atoms with E-state index in [1.807, 2.05) is 0 Å². The van der Waals surface area contributed by atoms with Gasteiger partial charge in [-0.2, -0.15) is 8.78 Å². The molecule has 0 fully saturated rings. The second-order valence-corrected chi connectivity index (χ2v) is 2.10. The molecule has 0 aliphatic rings. The van der Waals surface area contributed by atoms with Crippen LogP contribution in [0.1, 0.15) is 6.92 Å². The highest BCUT2D eigenvalue weighted by molar-refractivity contribution is 6.63. The van der Waals surface area contributed by atoms with Gasteiger partial charge >= 0.3 is 0 Å². The van der Waals surface area contributed by atoms with E-state index in [0.29, 0.717) is 0 Å². The fourth-order valence-corrected chi connectivity index (χ4v) is 0.218. The lowest BCUT2D eigenvalue weighted by atomic mass is 9.49. The zero-order valence-corrected chi connectivity index (χ0v) is 5.33. The van der Waals surface area contributed by atoms with Gasteiger partial charge in [-0.15, -0.1) is 0 Å². The Hall–Kier alpha value is -0.335. The number of halogens is 2. The van der Waals surface area contributed by atoms with Gasteiger partial charge in [-0.3, -0.25) is 0 Å². The first-order valence-corrected chi connectivity index (χ1v) is 2.57. The molecule has 0 aromatic heterocycles. The summed E-state index contributed by atoms with van der Waals surface area (Å²) in [6.45, 7) is 4.91. The molecule has 0 heterocycles. The van der Waals surface area contributed by atoms with Crippen molar-refractivity contribution in [3.63, 3.8) is 0 Å². The molecule has 0 aromatic rings. The highest BCUT2D eigenvalue weighted by atomic mass is 19.3. The average molecular weight is 118 g/mol.